The molecule has 0 saturated heterocycles. The first-order chi connectivity index (χ1) is 15.4. The van der Waals surface area contributed by atoms with Crippen molar-refractivity contribution in [3.63, 3.8) is 0 Å². The van der Waals surface area contributed by atoms with Crippen molar-refractivity contribution in [2.24, 2.45) is 0 Å². The number of ether oxygens (including phenoxy) is 1. The number of rotatable bonds is 6. The minimum absolute atomic E-state index is 0.0280. The van der Waals surface area contributed by atoms with Gasteiger partial charge in [0.05, 0.1) is 10.5 Å². The lowest BCUT2D eigenvalue weighted by Gasteiger charge is -2.14. The van der Waals surface area contributed by atoms with Crippen molar-refractivity contribution in [1.82, 2.24) is 15.2 Å². The molecule has 2 heterocycles. The summed E-state index contributed by atoms with van der Waals surface area (Å²) in [5, 5.41) is 17.4. The number of nitrogens with two attached hydrogens (primary N) is 1. The number of nitrogens with zero attached hydrogens (tertiary/aromatic N) is 4. The molecular weight excluding hydrogens is 472 g/mol. The van der Waals surface area contributed by atoms with Gasteiger partial charge in [0, 0.05) is 16.8 Å². The van der Waals surface area contributed by atoms with E-state index in [-0.39, 0.29) is 21.3 Å². The topological polar surface area (TPSA) is 144 Å². The second-order valence-corrected chi connectivity index (χ2v) is 9.28. The molecule has 0 saturated carbocycles. The van der Waals surface area contributed by atoms with E-state index in [2.05, 4.69) is 19.9 Å². The van der Waals surface area contributed by atoms with Gasteiger partial charge in [-0.1, -0.05) is 22.9 Å². The Kier molecular flexibility index (Phi) is 5.91. The molecule has 2 aromatic heterocycles. The van der Waals surface area contributed by atoms with E-state index in [1.54, 1.807) is 36.5 Å². The zero-order chi connectivity index (χ0) is 22.7. The van der Waals surface area contributed by atoms with Crippen molar-refractivity contribution in [3.8, 4) is 28.7 Å². The third-order valence-corrected chi connectivity index (χ3v) is 6.52. The van der Waals surface area contributed by atoms with Crippen LogP contribution in [-0.4, -0.2) is 23.6 Å². The van der Waals surface area contributed by atoms with Gasteiger partial charge in [0.2, 0.25) is 5.13 Å². The lowest BCUT2D eigenvalue weighted by Crippen LogP contribution is -2.13. The number of hydrogen-bond donors (Lipinski definition) is 2. The summed E-state index contributed by atoms with van der Waals surface area (Å²) in [5.41, 5.74) is 8.56. The smallest absolute Gasteiger partial charge is 0.263 e. The lowest BCUT2D eigenvalue weighted by atomic mass is 10.1. The quantitative estimate of drug-likeness (QED) is 0.412. The molecule has 12 heteroatoms. The Morgan fingerprint density at radius 3 is 2.66 bits per heavy atom. The molecule has 0 bridgehead atoms. The van der Waals surface area contributed by atoms with Gasteiger partial charge in [0.15, 0.2) is 0 Å². The van der Waals surface area contributed by atoms with Crippen molar-refractivity contribution in [2.45, 2.75) is 4.90 Å². The summed E-state index contributed by atoms with van der Waals surface area (Å²) in [6.07, 6.45) is 1.56. The minimum atomic E-state index is -3.95. The predicted molar refractivity (Wildman–Crippen MR) is 121 cm³/mol. The molecule has 0 aliphatic rings. The molecule has 0 aliphatic carbocycles. The SMILES string of the molecule is N#Cc1cc(S(=O)(=O)Nc2nncs2)ccc1Oc1ccc(Cl)cc1-c1ccnc(N)c1. The van der Waals surface area contributed by atoms with Gasteiger partial charge in [-0.25, -0.2) is 13.4 Å². The first-order valence-corrected chi connectivity index (χ1v) is 11.6. The van der Waals surface area contributed by atoms with E-state index < -0.39 is 10.0 Å². The van der Waals surface area contributed by atoms with Gasteiger partial charge in [0.1, 0.15) is 28.9 Å². The Hall–Kier alpha value is -3.72. The van der Waals surface area contributed by atoms with Crippen LogP contribution in [0, 0.1) is 11.3 Å². The molecule has 160 valence electrons. The van der Waals surface area contributed by atoms with Crippen LogP contribution in [0.1, 0.15) is 5.56 Å². The Labute approximate surface area is 192 Å². The molecule has 4 aromatic rings. The average molecular weight is 485 g/mol. The highest BCUT2D eigenvalue weighted by atomic mass is 35.5. The standard InChI is InChI=1S/C20H13ClN6O3S2/c21-14-1-3-18(16(9-14)12-5-6-24-19(23)8-12)30-17-4-2-15(7-13(17)10-22)32(28,29)27-20-26-25-11-31-20/h1-9,11H,(H2,23,24)(H,26,27). The minimum Gasteiger partial charge on any atom is -0.455 e. The van der Waals surface area contributed by atoms with Gasteiger partial charge in [-0.3, -0.25) is 4.72 Å². The van der Waals surface area contributed by atoms with Crippen molar-refractivity contribution in [3.05, 3.63) is 70.8 Å². The Bertz CT molecular complexity index is 1440. The third kappa shape index (κ3) is 4.62. The zero-order valence-electron chi connectivity index (χ0n) is 16.1. The highest BCUT2D eigenvalue weighted by Gasteiger charge is 2.19. The summed E-state index contributed by atoms with van der Waals surface area (Å²) in [7, 11) is -3.95. The highest BCUT2D eigenvalue weighted by molar-refractivity contribution is 7.93. The zero-order valence-corrected chi connectivity index (χ0v) is 18.4. The van der Waals surface area contributed by atoms with Gasteiger partial charge in [-0.15, -0.1) is 10.2 Å². The normalized spacial score (nSPS) is 11.0. The molecule has 4 rings (SSSR count). The number of sulfonamides is 1. The molecule has 0 aliphatic heterocycles. The van der Waals surface area contributed by atoms with Crippen LogP contribution in [0.15, 0.2) is 65.1 Å². The maximum absolute atomic E-state index is 12.6. The molecule has 0 amide bonds. The maximum atomic E-state index is 12.6. The molecule has 3 N–H and O–H groups in total. The summed E-state index contributed by atoms with van der Waals surface area (Å²) < 4.78 is 33.5. The van der Waals surface area contributed by atoms with Crippen LogP contribution >= 0.6 is 22.9 Å². The van der Waals surface area contributed by atoms with Gasteiger partial charge >= 0.3 is 0 Å². The third-order valence-electron chi connectivity index (χ3n) is 4.22. The van der Waals surface area contributed by atoms with Crippen LogP contribution in [0.3, 0.4) is 0 Å². The Balaban J connectivity index is 1.70. The molecule has 0 fully saturated rings. The summed E-state index contributed by atoms with van der Waals surface area (Å²) in [6.45, 7) is 0. The molecule has 0 unspecified atom stereocenters. The largest absolute Gasteiger partial charge is 0.455 e. The molecule has 32 heavy (non-hydrogen) atoms. The summed E-state index contributed by atoms with van der Waals surface area (Å²) in [5.74, 6) is 0.899. The molecule has 0 spiro atoms. The van der Waals surface area contributed by atoms with Gasteiger partial charge in [0.25, 0.3) is 10.0 Å². The number of nitrogens with one attached hydrogen (secondary N) is 1. The monoisotopic (exact) mass is 484 g/mol. The number of pyridine rings is 1. The lowest BCUT2D eigenvalue weighted by molar-refractivity contribution is 0.482. The van der Waals surface area contributed by atoms with Crippen molar-refractivity contribution in [1.29, 1.82) is 5.26 Å². The fourth-order valence-electron chi connectivity index (χ4n) is 2.80. The van der Waals surface area contributed by atoms with Crippen LogP contribution < -0.4 is 15.2 Å². The van der Waals surface area contributed by atoms with Gasteiger partial charge in [-0.05, 0) is 54.1 Å². The van der Waals surface area contributed by atoms with E-state index in [1.165, 1.54) is 23.7 Å². The van der Waals surface area contributed by atoms with Crippen LogP contribution in [0.2, 0.25) is 5.02 Å². The van der Waals surface area contributed by atoms with E-state index in [4.69, 9.17) is 22.1 Å². The second kappa shape index (κ2) is 8.80. The fourth-order valence-corrected chi connectivity index (χ4v) is 4.69. The summed E-state index contributed by atoms with van der Waals surface area (Å²) in [4.78, 5) is 3.86. The highest BCUT2D eigenvalue weighted by Crippen LogP contribution is 2.37. The predicted octanol–water partition coefficient (Wildman–Crippen LogP) is 4.30. The molecule has 2 aromatic carbocycles. The summed E-state index contributed by atoms with van der Waals surface area (Å²) in [6, 6.07) is 14.3. The Morgan fingerprint density at radius 1 is 1.12 bits per heavy atom. The number of nitrogen functional groups attached to an aromatic ring is 1. The number of halogens is 1. The molecule has 9 nitrogen and oxygen atoms in total. The number of hydrogen-bond acceptors (Lipinski definition) is 9. The Morgan fingerprint density at radius 2 is 1.94 bits per heavy atom. The van der Waals surface area contributed by atoms with E-state index in [0.29, 0.717) is 27.7 Å². The van der Waals surface area contributed by atoms with Crippen LogP contribution in [0.4, 0.5) is 10.9 Å². The number of aromatic nitrogens is 3. The average Bonchev–Trinajstić information content (AvgIpc) is 3.27. The van der Waals surface area contributed by atoms with E-state index in [0.717, 1.165) is 11.3 Å². The maximum Gasteiger partial charge on any atom is 0.263 e. The van der Waals surface area contributed by atoms with Crippen LogP contribution in [0.5, 0.6) is 11.5 Å². The van der Waals surface area contributed by atoms with Gasteiger partial charge < -0.3 is 10.5 Å². The fraction of sp³-hybridized carbons (Fsp3) is 0. The van der Waals surface area contributed by atoms with E-state index in [1.807, 2.05) is 6.07 Å². The van der Waals surface area contributed by atoms with Crippen molar-refractivity contribution < 1.29 is 13.2 Å². The first-order valence-electron chi connectivity index (χ1n) is 8.88. The summed E-state index contributed by atoms with van der Waals surface area (Å²) >= 11 is 7.19. The van der Waals surface area contributed by atoms with E-state index >= 15 is 0 Å². The van der Waals surface area contributed by atoms with E-state index in [9.17, 15) is 13.7 Å². The molecule has 0 radical (unpaired) electrons. The van der Waals surface area contributed by atoms with Crippen molar-refractivity contribution >= 4 is 43.9 Å². The van der Waals surface area contributed by atoms with Crippen molar-refractivity contribution in [2.75, 3.05) is 10.5 Å². The van der Waals surface area contributed by atoms with Gasteiger partial charge in [-0.2, -0.15) is 5.26 Å². The van der Waals surface area contributed by atoms with Crippen LogP contribution in [-0.2, 0) is 10.0 Å². The molecular formula is C20H13ClN6O3S2. The van der Waals surface area contributed by atoms with Crippen LogP contribution in [0.25, 0.3) is 11.1 Å². The molecule has 0 atom stereocenters. The number of benzene rings is 2. The number of nitriles is 1. The number of anilines is 2. The second-order valence-electron chi connectivity index (χ2n) is 6.33. The first kappa shape index (κ1) is 21.5.